The Balaban J connectivity index is 1.91. The second-order valence-corrected chi connectivity index (χ2v) is 5.82. The van der Waals surface area contributed by atoms with Crippen LogP contribution in [0.5, 0.6) is 0 Å². The highest BCUT2D eigenvalue weighted by molar-refractivity contribution is 4.88. The normalized spacial score (nSPS) is 25.3. The third-order valence-electron chi connectivity index (χ3n) is 4.02. The summed E-state index contributed by atoms with van der Waals surface area (Å²) in [4.78, 5) is 4.36. The van der Waals surface area contributed by atoms with Gasteiger partial charge in [-0.1, -0.05) is 26.2 Å². The maximum atomic E-state index is 4.36. The first-order chi connectivity index (χ1) is 8.68. The number of nitrogens with one attached hydrogen (secondary N) is 1. The highest BCUT2D eigenvalue weighted by Gasteiger charge is 2.20. The number of hydrogen-bond acceptors (Lipinski definition) is 3. The Hall–Kier alpha value is -0.900. The van der Waals surface area contributed by atoms with Crippen molar-refractivity contribution in [2.45, 2.75) is 71.5 Å². The molecule has 2 rings (SSSR count). The largest absolute Gasteiger partial charge is 0.307 e. The molecule has 4 heteroatoms. The summed E-state index contributed by atoms with van der Waals surface area (Å²) >= 11 is 0. The summed E-state index contributed by atoms with van der Waals surface area (Å²) in [6.07, 6.45) is 8.46. The van der Waals surface area contributed by atoms with Crippen molar-refractivity contribution in [3.8, 4) is 0 Å². The van der Waals surface area contributed by atoms with Crippen LogP contribution in [0.25, 0.3) is 0 Å². The van der Waals surface area contributed by atoms with Crippen LogP contribution in [0.2, 0.25) is 0 Å². The zero-order chi connectivity index (χ0) is 13.0. The fourth-order valence-corrected chi connectivity index (χ4v) is 2.85. The molecular formula is C14H26N4. The maximum Gasteiger partial charge on any atom is 0.141 e. The Kier molecular flexibility index (Phi) is 4.75. The quantitative estimate of drug-likeness (QED) is 0.836. The van der Waals surface area contributed by atoms with E-state index in [4.69, 9.17) is 0 Å². The smallest absolute Gasteiger partial charge is 0.141 e. The average Bonchev–Trinajstić information content (AvgIpc) is 2.71. The van der Waals surface area contributed by atoms with Crippen LogP contribution in [0.4, 0.5) is 0 Å². The van der Waals surface area contributed by atoms with E-state index in [1.165, 1.54) is 32.1 Å². The summed E-state index contributed by atoms with van der Waals surface area (Å²) in [6.45, 7) is 7.50. The molecule has 102 valence electrons. The van der Waals surface area contributed by atoms with Crippen molar-refractivity contribution in [1.29, 1.82) is 0 Å². The van der Waals surface area contributed by atoms with Gasteiger partial charge in [0.15, 0.2) is 0 Å². The summed E-state index contributed by atoms with van der Waals surface area (Å²) in [7, 11) is 0. The first-order valence-electron chi connectivity index (χ1n) is 7.30. The molecule has 1 aromatic heterocycles. The van der Waals surface area contributed by atoms with Gasteiger partial charge in [0.1, 0.15) is 12.2 Å². The molecule has 1 saturated carbocycles. The molecule has 0 radical (unpaired) electrons. The Bertz CT molecular complexity index is 358. The van der Waals surface area contributed by atoms with Gasteiger partial charge in [-0.2, -0.15) is 5.10 Å². The van der Waals surface area contributed by atoms with Crippen molar-refractivity contribution in [1.82, 2.24) is 20.1 Å². The van der Waals surface area contributed by atoms with Gasteiger partial charge in [-0.05, 0) is 32.6 Å². The zero-order valence-electron chi connectivity index (χ0n) is 11.9. The molecule has 0 spiro atoms. The molecule has 0 amide bonds. The Labute approximate surface area is 110 Å². The predicted octanol–water partition coefficient (Wildman–Crippen LogP) is 2.92. The van der Waals surface area contributed by atoms with Crippen molar-refractivity contribution in [2.75, 3.05) is 0 Å². The lowest BCUT2D eigenvalue weighted by molar-refractivity contribution is 0.347. The van der Waals surface area contributed by atoms with Crippen LogP contribution in [0.3, 0.4) is 0 Å². The summed E-state index contributed by atoms with van der Waals surface area (Å²) in [5, 5.41) is 7.97. The molecule has 1 heterocycles. The van der Waals surface area contributed by atoms with E-state index in [1.54, 1.807) is 6.33 Å². The average molecular weight is 250 g/mol. The summed E-state index contributed by atoms with van der Waals surface area (Å²) in [6, 6.07) is 1.03. The van der Waals surface area contributed by atoms with Crippen molar-refractivity contribution in [3.63, 3.8) is 0 Å². The number of hydrogen-bond donors (Lipinski definition) is 1. The first kappa shape index (κ1) is 13.5. The van der Waals surface area contributed by atoms with Crippen molar-refractivity contribution >= 4 is 0 Å². The number of aromatic nitrogens is 3. The topological polar surface area (TPSA) is 42.7 Å². The van der Waals surface area contributed by atoms with E-state index in [9.17, 15) is 0 Å². The van der Waals surface area contributed by atoms with Gasteiger partial charge in [-0.3, -0.25) is 0 Å². The summed E-state index contributed by atoms with van der Waals surface area (Å²) in [5.74, 6) is 1.84. The molecule has 2 atom stereocenters. The van der Waals surface area contributed by atoms with Gasteiger partial charge in [0.2, 0.25) is 0 Å². The minimum Gasteiger partial charge on any atom is -0.307 e. The third-order valence-corrected chi connectivity index (χ3v) is 4.02. The predicted molar refractivity (Wildman–Crippen MR) is 73.3 cm³/mol. The fourth-order valence-electron chi connectivity index (χ4n) is 2.85. The molecule has 0 bridgehead atoms. The molecule has 1 aliphatic carbocycles. The summed E-state index contributed by atoms with van der Waals surface area (Å²) in [5.41, 5.74) is 0. The monoisotopic (exact) mass is 250 g/mol. The Morgan fingerprint density at radius 3 is 2.89 bits per heavy atom. The van der Waals surface area contributed by atoms with Gasteiger partial charge in [0.25, 0.3) is 0 Å². The van der Waals surface area contributed by atoms with Crippen LogP contribution < -0.4 is 5.32 Å². The molecule has 1 N–H and O–H groups in total. The van der Waals surface area contributed by atoms with E-state index in [2.05, 4.69) is 36.2 Å². The number of rotatable bonds is 4. The molecule has 0 saturated heterocycles. The fraction of sp³-hybridized carbons (Fsp3) is 0.857. The van der Waals surface area contributed by atoms with E-state index < -0.39 is 0 Å². The van der Waals surface area contributed by atoms with Gasteiger partial charge in [-0.25, -0.2) is 9.67 Å². The van der Waals surface area contributed by atoms with E-state index in [0.29, 0.717) is 12.1 Å². The highest BCUT2D eigenvalue weighted by Crippen LogP contribution is 2.23. The minimum absolute atomic E-state index is 0.385. The molecule has 1 aromatic rings. The highest BCUT2D eigenvalue weighted by atomic mass is 15.4. The van der Waals surface area contributed by atoms with Gasteiger partial charge < -0.3 is 5.32 Å². The molecular weight excluding hydrogens is 224 g/mol. The third kappa shape index (κ3) is 3.31. The Morgan fingerprint density at radius 2 is 2.11 bits per heavy atom. The van der Waals surface area contributed by atoms with Gasteiger partial charge in [0, 0.05) is 12.1 Å². The van der Waals surface area contributed by atoms with Crippen molar-refractivity contribution in [2.24, 2.45) is 5.92 Å². The van der Waals surface area contributed by atoms with E-state index in [0.717, 1.165) is 18.3 Å². The second kappa shape index (κ2) is 6.32. The lowest BCUT2D eigenvalue weighted by Gasteiger charge is -2.23. The Morgan fingerprint density at radius 1 is 1.33 bits per heavy atom. The molecule has 18 heavy (non-hydrogen) atoms. The SMILES string of the molecule is CC1CCCCCC1NCc1ncnn1C(C)C. The van der Waals surface area contributed by atoms with Crippen LogP contribution in [-0.2, 0) is 6.54 Å². The lowest BCUT2D eigenvalue weighted by atomic mass is 9.97. The van der Waals surface area contributed by atoms with Gasteiger partial charge in [0.05, 0.1) is 6.54 Å². The van der Waals surface area contributed by atoms with Crippen LogP contribution in [0.1, 0.15) is 64.7 Å². The minimum atomic E-state index is 0.385. The van der Waals surface area contributed by atoms with Crippen molar-refractivity contribution < 1.29 is 0 Å². The van der Waals surface area contributed by atoms with E-state index in [1.807, 2.05) is 4.68 Å². The van der Waals surface area contributed by atoms with Crippen LogP contribution in [0, 0.1) is 5.92 Å². The first-order valence-corrected chi connectivity index (χ1v) is 7.30. The van der Waals surface area contributed by atoms with Gasteiger partial charge in [-0.15, -0.1) is 0 Å². The van der Waals surface area contributed by atoms with Crippen LogP contribution in [0.15, 0.2) is 6.33 Å². The maximum absolute atomic E-state index is 4.36. The van der Waals surface area contributed by atoms with Crippen molar-refractivity contribution in [3.05, 3.63) is 12.2 Å². The van der Waals surface area contributed by atoms with E-state index >= 15 is 0 Å². The van der Waals surface area contributed by atoms with Crippen LogP contribution in [-0.4, -0.2) is 20.8 Å². The van der Waals surface area contributed by atoms with Crippen LogP contribution >= 0.6 is 0 Å². The van der Waals surface area contributed by atoms with Gasteiger partial charge >= 0.3 is 0 Å². The molecule has 0 aliphatic heterocycles. The molecule has 4 nitrogen and oxygen atoms in total. The summed E-state index contributed by atoms with van der Waals surface area (Å²) < 4.78 is 2.01. The van der Waals surface area contributed by atoms with E-state index in [-0.39, 0.29) is 0 Å². The number of nitrogens with zero attached hydrogens (tertiary/aromatic N) is 3. The molecule has 0 aromatic carbocycles. The molecule has 1 fully saturated rings. The molecule has 2 unspecified atom stereocenters. The molecule has 1 aliphatic rings. The zero-order valence-corrected chi connectivity index (χ0v) is 11.9. The lowest BCUT2D eigenvalue weighted by Crippen LogP contribution is -2.34. The second-order valence-electron chi connectivity index (χ2n) is 5.82. The standard InChI is InChI=1S/C14H26N4/c1-11(2)18-14(16-10-17-18)9-15-13-8-6-4-5-7-12(13)3/h10-13,15H,4-9H2,1-3H3.